The molecular formula is C20H32O2. The SMILES string of the molecule is CCC=CC(=O)C(C)=C(CC)C(CC)(CC)C(=O)C=CCC. The molecule has 0 fully saturated rings. The molecule has 0 heterocycles. The van der Waals surface area contributed by atoms with E-state index in [1.807, 2.05) is 53.7 Å². The lowest BCUT2D eigenvalue weighted by atomic mass is 9.69. The topological polar surface area (TPSA) is 34.1 Å². The highest BCUT2D eigenvalue weighted by atomic mass is 16.1. The number of hydrogen-bond donors (Lipinski definition) is 0. The van der Waals surface area contributed by atoms with E-state index in [1.165, 1.54) is 0 Å². The third-order valence-corrected chi connectivity index (χ3v) is 4.44. The van der Waals surface area contributed by atoms with Crippen LogP contribution in [-0.2, 0) is 9.59 Å². The smallest absolute Gasteiger partial charge is 0.181 e. The zero-order chi connectivity index (χ0) is 17.2. The Morgan fingerprint density at radius 3 is 1.77 bits per heavy atom. The van der Waals surface area contributed by atoms with Crippen LogP contribution in [0.1, 0.15) is 73.6 Å². The van der Waals surface area contributed by atoms with Gasteiger partial charge in [0.05, 0.1) is 5.41 Å². The Bertz CT molecular complexity index is 460. The Balaban J connectivity index is 5.97. The van der Waals surface area contributed by atoms with Gasteiger partial charge in [-0.2, -0.15) is 0 Å². The van der Waals surface area contributed by atoms with Crippen LogP contribution in [0, 0.1) is 5.41 Å². The standard InChI is InChI=1S/C20H32O2/c1-7-12-14-18(21)16(6)17(9-3)20(10-4,11-5)19(22)15-13-8-2/h12-15H,7-11H2,1-6H3. The fourth-order valence-electron chi connectivity index (χ4n) is 3.02. The minimum Gasteiger partial charge on any atom is -0.294 e. The number of hydrogen-bond acceptors (Lipinski definition) is 2. The van der Waals surface area contributed by atoms with Crippen LogP contribution in [0.4, 0.5) is 0 Å². The molecule has 0 aromatic carbocycles. The molecular weight excluding hydrogens is 272 g/mol. The van der Waals surface area contributed by atoms with E-state index in [9.17, 15) is 9.59 Å². The van der Waals surface area contributed by atoms with Gasteiger partial charge in [-0.25, -0.2) is 0 Å². The Morgan fingerprint density at radius 1 is 0.864 bits per heavy atom. The summed E-state index contributed by atoms with van der Waals surface area (Å²) in [7, 11) is 0. The van der Waals surface area contributed by atoms with Crippen LogP contribution >= 0.6 is 0 Å². The molecule has 0 unspecified atom stereocenters. The third kappa shape index (κ3) is 4.79. The summed E-state index contributed by atoms with van der Waals surface area (Å²) in [5.41, 5.74) is 1.18. The molecule has 0 saturated carbocycles. The first kappa shape index (κ1) is 20.6. The first-order chi connectivity index (χ1) is 10.4. The fourth-order valence-corrected chi connectivity index (χ4v) is 3.02. The molecule has 0 atom stereocenters. The predicted molar refractivity (Wildman–Crippen MR) is 94.9 cm³/mol. The molecule has 0 rings (SSSR count). The maximum atomic E-state index is 12.8. The maximum Gasteiger partial charge on any atom is 0.181 e. The van der Waals surface area contributed by atoms with E-state index in [-0.39, 0.29) is 11.6 Å². The van der Waals surface area contributed by atoms with Crippen LogP contribution in [0.3, 0.4) is 0 Å². The Labute approximate surface area is 136 Å². The zero-order valence-corrected chi connectivity index (χ0v) is 15.2. The lowest BCUT2D eigenvalue weighted by Crippen LogP contribution is -2.32. The van der Waals surface area contributed by atoms with E-state index in [1.54, 1.807) is 12.2 Å². The van der Waals surface area contributed by atoms with Gasteiger partial charge in [-0.05, 0) is 62.3 Å². The van der Waals surface area contributed by atoms with Crippen molar-refractivity contribution in [2.45, 2.75) is 73.6 Å². The summed E-state index contributed by atoms with van der Waals surface area (Å²) in [6.45, 7) is 12.0. The normalized spacial score (nSPS) is 13.7. The molecule has 0 bridgehead atoms. The largest absolute Gasteiger partial charge is 0.294 e. The van der Waals surface area contributed by atoms with Crippen LogP contribution in [0.15, 0.2) is 35.5 Å². The second kappa shape index (κ2) is 10.3. The molecule has 0 aliphatic carbocycles. The van der Waals surface area contributed by atoms with E-state index in [2.05, 4.69) is 0 Å². The average Bonchev–Trinajstić information content (AvgIpc) is 2.54. The van der Waals surface area contributed by atoms with Gasteiger partial charge in [0.15, 0.2) is 11.6 Å². The van der Waals surface area contributed by atoms with Gasteiger partial charge >= 0.3 is 0 Å². The minimum absolute atomic E-state index is 0.0252. The van der Waals surface area contributed by atoms with Crippen molar-refractivity contribution in [2.24, 2.45) is 5.41 Å². The van der Waals surface area contributed by atoms with Crippen molar-refractivity contribution in [2.75, 3.05) is 0 Å². The van der Waals surface area contributed by atoms with Gasteiger partial charge in [0.1, 0.15) is 0 Å². The summed E-state index contributed by atoms with van der Waals surface area (Å²) in [6, 6.07) is 0. The first-order valence-corrected chi connectivity index (χ1v) is 8.56. The van der Waals surface area contributed by atoms with E-state index in [0.29, 0.717) is 0 Å². The molecule has 0 aromatic rings. The lowest BCUT2D eigenvalue weighted by Gasteiger charge is -2.33. The number of carbonyl (C=O) groups excluding carboxylic acids is 2. The van der Waals surface area contributed by atoms with Crippen molar-refractivity contribution in [1.82, 2.24) is 0 Å². The molecule has 0 aliphatic heterocycles. The highest BCUT2D eigenvalue weighted by Gasteiger charge is 2.37. The van der Waals surface area contributed by atoms with Crippen molar-refractivity contribution >= 4 is 11.6 Å². The number of ketones is 2. The summed E-state index contributed by atoms with van der Waals surface area (Å²) in [6.07, 6.45) is 11.0. The summed E-state index contributed by atoms with van der Waals surface area (Å²) in [4.78, 5) is 25.1. The van der Waals surface area contributed by atoms with Gasteiger partial charge in [0.2, 0.25) is 0 Å². The van der Waals surface area contributed by atoms with Crippen LogP contribution < -0.4 is 0 Å². The highest BCUT2D eigenvalue weighted by molar-refractivity contribution is 6.06. The van der Waals surface area contributed by atoms with E-state index in [0.717, 1.165) is 43.3 Å². The molecule has 0 saturated heterocycles. The third-order valence-electron chi connectivity index (χ3n) is 4.44. The second-order valence-corrected chi connectivity index (χ2v) is 5.60. The van der Waals surface area contributed by atoms with E-state index >= 15 is 0 Å². The Hall–Kier alpha value is -1.44. The van der Waals surface area contributed by atoms with Crippen LogP contribution in [0.2, 0.25) is 0 Å². The predicted octanol–water partition coefficient (Wildman–Crippen LogP) is 5.59. The van der Waals surface area contributed by atoms with Crippen molar-refractivity contribution in [3.05, 3.63) is 35.5 Å². The molecule has 2 nitrogen and oxygen atoms in total. The van der Waals surface area contributed by atoms with Gasteiger partial charge in [-0.1, -0.05) is 46.8 Å². The molecule has 0 aliphatic rings. The maximum absolute atomic E-state index is 12.8. The quantitative estimate of drug-likeness (QED) is 0.493. The summed E-state index contributed by atoms with van der Waals surface area (Å²) in [5.74, 6) is 0.153. The zero-order valence-electron chi connectivity index (χ0n) is 15.2. The molecule has 0 spiro atoms. The average molecular weight is 304 g/mol. The highest BCUT2D eigenvalue weighted by Crippen LogP contribution is 2.40. The minimum atomic E-state index is -0.541. The van der Waals surface area contributed by atoms with Crippen molar-refractivity contribution in [3.8, 4) is 0 Å². The monoisotopic (exact) mass is 304 g/mol. The van der Waals surface area contributed by atoms with Crippen molar-refractivity contribution in [3.63, 3.8) is 0 Å². The number of rotatable bonds is 10. The van der Waals surface area contributed by atoms with Gasteiger partial charge in [0.25, 0.3) is 0 Å². The molecule has 0 radical (unpaired) electrons. The van der Waals surface area contributed by atoms with Crippen LogP contribution in [0.5, 0.6) is 0 Å². The molecule has 2 heteroatoms. The van der Waals surface area contributed by atoms with Crippen molar-refractivity contribution in [1.29, 1.82) is 0 Å². The second-order valence-electron chi connectivity index (χ2n) is 5.60. The number of carbonyl (C=O) groups is 2. The lowest BCUT2D eigenvalue weighted by molar-refractivity contribution is -0.122. The summed E-state index contributed by atoms with van der Waals surface area (Å²) in [5, 5.41) is 0. The molecule has 124 valence electrons. The van der Waals surface area contributed by atoms with E-state index < -0.39 is 5.41 Å². The number of allylic oxidation sites excluding steroid dienone is 6. The van der Waals surface area contributed by atoms with Gasteiger partial charge in [-0.15, -0.1) is 0 Å². The molecule has 0 aromatic heterocycles. The molecule has 22 heavy (non-hydrogen) atoms. The Morgan fingerprint density at radius 2 is 1.36 bits per heavy atom. The summed E-state index contributed by atoms with van der Waals surface area (Å²) >= 11 is 0. The Kier molecular flexibility index (Phi) is 9.64. The fraction of sp³-hybridized carbons (Fsp3) is 0.600. The van der Waals surface area contributed by atoms with Crippen molar-refractivity contribution < 1.29 is 9.59 Å². The summed E-state index contributed by atoms with van der Waals surface area (Å²) < 4.78 is 0. The first-order valence-electron chi connectivity index (χ1n) is 8.56. The van der Waals surface area contributed by atoms with Gasteiger partial charge in [-0.3, -0.25) is 9.59 Å². The molecule has 0 amide bonds. The van der Waals surface area contributed by atoms with Crippen LogP contribution in [-0.4, -0.2) is 11.6 Å². The van der Waals surface area contributed by atoms with Gasteiger partial charge < -0.3 is 0 Å². The van der Waals surface area contributed by atoms with Gasteiger partial charge in [0, 0.05) is 0 Å². The van der Waals surface area contributed by atoms with E-state index in [4.69, 9.17) is 0 Å². The van der Waals surface area contributed by atoms with Crippen LogP contribution in [0.25, 0.3) is 0 Å². The molecule has 0 N–H and O–H groups in total.